The molecule has 4 nitrogen and oxygen atoms in total. The zero-order valence-electron chi connectivity index (χ0n) is 9.53. The van der Waals surface area contributed by atoms with Gasteiger partial charge in [-0.1, -0.05) is 6.92 Å². The molecule has 0 aliphatic carbocycles. The van der Waals surface area contributed by atoms with Gasteiger partial charge in [0.15, 0.2) is 0 Å². The van der Waals surface area contributed by atoms with Gasteiger partial charge in [0.2, 0.25) is 0 Å². The molecule has 0 aromatic carbocycles. The first-order chi connectivity index (χ1) is 7.61. The number of rotatable bonds is 2. The molecule has 2 aromatic rings. The van der Waals surface area contributed by atoms with E-state index in [-0.39, 0.29) is 0 Å². The predicted molar refractivity (Wildman–Crippen MR) is 65.7 cm³/mol. The second-order valence-electron chi connectivity index (χ2n) is 3.60. The topological polar surface area (TPSA) is 43.6 Å². The Morgan fingerprint density at radius 2 is 2.06 bits per heavy atom. The maximum Gasteiger partial charge on any atom is 0.142 e. The molecule has 0 aliphatic heterocycles. The van der Waals surface area contributed by atoms with E-state index in [2.05, 4.69) is 30.9 Å². The van der Waals surface area contributed by atoms with Crippen molar-refractivity contribution in [1.82, 2.24) is 19.5 Å². The molecule has 0 spiro atoms. The molecule has 2 aromatic heterocycles. The number of hydrogen-bond donors (Lipinski definition) is 0. The summed E-state index contributed by atoms with van der Waals surface area (Å²) in [6, 6.07) is 1.90. The van der Waals surface area contributed by atoms with E-state index in [9.17, 15) is 0 Å². The first-order valence-electron chi connectivity index (χ1n) is 5.16. The van der Waals surface area contributed by atoms with Crippen LogP contribution in [0.15, 0.2) is 17.0 Å². The average molecular weight is 281 g/mol. The van der Waals surface area contributed by atoms with Gasteiger partial charge < -0.3 is 0 Å². The maximum absolute atomic E-state index is 4.48. The fraction of sp³-hybridized carbons (Fsp3) is 0.364. The van der Waals surface area contributed by atoms with Crippen molar-refractivity contribution in [3.05, 3.63) is 34.2 Å². The number of aromatic nitrogens is 4. The van der Waals surface area contributed by atoms with Crippen molar-refractivity contribution in [1.29, 1.82) is 0 Å². The van der Waals surface area contributed by atoms with Gasteiger partial charge in [0.1, 0.15) is 22.6 Å². The van der Waals surface area contributed by atoms with Crippen molar-refractivity contribution in [2.75, 3.05) is 0 Å². The van der Waals surface area contributed by atoms with E-state index in [0.29, 0.717) is 0 Å². The Kier molecular flexibility index (Phi) is 3.05. The summed E-state index contributed by atoms with van der Waals surface area (Å²) >= 11 is 3.40. The van der Waals surface area contributed by atoms with Crippen LogP contribution in [0.3, 0.4) is 0 Å². The zero-order chi connectivity index (χ0) is 11.7. The van der Waals surface area contributed by atoms with Gasteiger partial charge in [-0.3, -0.25) is 4.57 Å². The Morgan fingerprint density at radius 3 is 2.62 bits per heavy atom. The average Bonchev–Trinajstić information content (AvgIpc) is 2.59. The highest BCUT2D eigenvalue weighted by atomic mass is 79.9. The fourth-order valence-corrected chi connectivity index (χ4v) is 1.87. The van der Waals surface area contributed by atoms with Crippen LogP contribution in [0.25, 0.3) is 5.82 Å². The number of imidazole rings is 1. The zero-order valence-corrected chi connectivity index (χ0v) is 11.1. The molecule has 0 atom stereocenters. The predicted octanol–water partition coefficient (Wildman–Crippen LogP) is 2.60. The van der Waals surface area contributed by atoms with E-state index >= 15 is 0 Å². The van der Waals surface area contributed by atoms with Crippen LogP contribution in [0.5, 0.6) is 0 Å². The molecule has 0 fully saturated rings. The third-order valence-electron chi connectivity index (χ3n) is 2.54. The Hall–Kier alpha value is -1.23. The summed E-state index contributed by atoms with van der Waals surface area (Å²) in [5.74, 6) is 1.69. The van der Waals surface area contributed by atoms with Crippen LogP contribution in [-0.2, 0) is 6.42 Å². The lowest BCUT2D eigenvalue weighted by Gasteiger charge is -2.06. The normalized spacial score (nSPS) is 10.8. The standard InChI is InChI=1S/C11H13BrN4/c1-4-10-14-9(12)5-11(15-10)16-6-13-7(2)8(16)3/h5-6H,4H2,1-3H3. The highest BCUT2D eigenvalue weighted by Gasteiger charge is 2.08. The molecule has 84 valence electrons. The molecule has 2 rings (SSSR count). The molecule has 0 saturated heterocycles. The van der Waals surface area contributed by atoms with Crippen LogP contribution in [0, 0.1) is 13.8 Å². The van der Waals surface area contributed by atoms with Gasteiger partial charge in [-0.15, -0.1) is 0 Å². The summed E-state index contributed by atoms with van der Waals surface area (Å²) in [4.78, 5) is 13.0. The van der Waals surface area contributed by atoms with Crippen molar-refractivity contribution in [2.24, 2.45) is 0 Å². The first kappa shape index (κ1) is 11.3. The molecular weight excluding hydrogens is 268 g/mol. The van der Waals surface area contributed by atoms with Crippen LogP contribution in [0.2, 0.25) is 0 Å². The van der Waals surface area contributed by atoms with E-state index in [0.717, 1.165) is 34.1 Å². The second kappa shape index (κ2) is 4.33. The van der Waals surface area contributed by atoms with Crippen molar-refractivity contribution in [3.8, 4) is 5.82 Å². The van der Waals surface area contributed by atoms with E-state index in [1.165, 1.54) is 0 Å². The monoisotopic (exact) mass is 280 g/mol. The number of nitrogens with zero attached hydrogens (tertiary/aromatic N) is 4. The van der Waals surface area contributed by atoms with Gasteiger partial charge >= 0.3 is 0 Å². The number of halogens is 1. The molecule has 2 heterocycles. The van der Waals surface area contributed by atoms with Crippen LogP contribution in [0.1, 0.15) is 24.1 Å². The van der Waals surface area contributed by atoms with E-state index < -0.39 is 0 Å². The molecule has 0 radical (unpaired) electrons. The third kappa shape index (κ3) is 2.00. The van der Waals surface area contributed by atoms with Crippen molar-refractivity contribution < 1.29 is 0 Å². The minimum Gasteiger partial charge on any atom is -0.287 e. The quantitative estimate of drug-likeness (QED) is 0.795. The van der Waals surface area contributed by atoms with Gasteiger partial charge in [-0.05, 0) is 29.8 Å². The van der Waals surface area contributed by atoms with Crippen LogP contribution in [-0.4, -0.2) is 19.5 Å². The van der Waals surface area contributed by atoms with Crippen LogP contribution >= 0.6 is 15.9 Å². The summed E-state index contributed by atoms with van der Waals surface area (Å²) in [5.41, 5.74) is 2.13. The maximum atomic E-state index is 4.48. The summed E-state index contributed by atoms with van der Waals surface area (Å²) in [5, 5.41) is 0. The fourth-order valence-electron chi connectivity index (χ4n) is 1.46. The highest BCUT2D eigenvalue weighted by molar-refractivity contribution is 9.10. The van der Waals surface area contributed by atoms with Gasteiger partial charge in [-0.25, -0.2) is 15.0 Å². The third-order valence-corrected chi connectivity index (χ3v) is 2.95. The Balaban J connectivity index is 2.55. The summed E-state index contributed by atoms with van der Waals surface area (Å²) in [6.45, 7) is 6.06. The lowest BCUT2D eigenvalue weighted by atomic mass is 10.3. The molecule has 0 saturated carbocycles. The van der Waals surface area contributed by atoms with E-state index in [1.54, 1.807) is 6.33 Å². The molecule has 16 heavy (non-hydrogen) atoms. The van der Waals surface area contributed by atoms with Crippen LogP contribution in [0.4, 0.5) is 0 Å². The van der Waals surface area contributed by atoms with Crippen molar-refractivity contribution in [2.45, 2.75) is 27.2 Å². The van der Waals surface area contributed by atoms with Gasteiger partial charge in [0, 0.05) is 18.2 Å². The number of aryl methyl sites for hydroxylation is 2. The summed E-state index contributed by atoms with van der Waals surface area (Å²) in [7, 11) is 0. The van der Waals surface area contributed by atoms with Crippen LogP contribution < -0.4 is 0 Å². The molecule has 5 heteroatoms. The molecular formula is C11H13BrN4. The lowest BCUT2D eigenvalue weighted by molar-refractivity contribution is 0.864. The Morgan fingerprint density at radius 1 is 1.31 bits per heavy atom. The van der Waals surface area contributed by atoms with Gasteiger partial charge in [0.25, 0.3) is 0 Å². The number of hydrogen-bond acceptors (Lipinski definition) is 3. The van der Waals surface area contributed by atoms with Crippen molar-refractivity contribution >= 4 is 15.9 Å². The summed E-state index contributed by atoms with van der Waals surface area (Å²) < 4.78 is 2.78. The Bertz CT molecular complexity index is 519. The minimum atomic E-state index is 0.806. The Labute approximate surface area is 103 Å². The van der Waals surface area contributed by atoms with E-state index in [1.807, 2.05) is 31.4 Å². The van der Waals surface area contributed by atoms with E-state index in [4.69, 9.17) is 0 Å². The minimum absolute atomic E-state index is 0.806. The smallest absolute Gasteiger partial charge is 0.142 e. The molecule has 0 N–H and O–H groups in total. The van der Waals surface area contributed by atoms with Gasteiger partial charge in [0.05, 0.1) is 5.69 Å². The second-order valence-corrected chi connectivity index (χ2v) is 4.42. The molecule has 0 aliphatic rings. The van der Waals surface area contributed by atoms with Crippen molar-refractivity contribution in [3.63, 3.8) is 0 Å². The molecule has 0 unspecified atom stereocenters. The highest BCUT2D eigenvalue weighted by Crippen LogP contribution is 2.15. The summed E-state index contributed by atoms with van der Waals surface area (Å²) in [6.07, 6.45) is 2.61. The SMILES string of the molecule is CCc1nc(Br)cc(-n2cnc(C)c2C)n1. The first-order valence-corrected chi connectivity index (χ1v) is 5.95. The lowest BCUT2D eigenvalue weighted by Crippen LogP contribution is -2.03. The van der Waals surface area contributed by atoms with Gasteiger partial charge in [-0.2, -0.15) is 0 Å². The molecule has 0 bridgehead atoms. The molecule has 0 amide bonds. The largest absolute Gasteiger partial charge is 0.287 e.